The molecule has 4 atom stereocenters. The third-order valence-corrected chi connectivity index (χ3v) is 3.94. The number of rotatable bonds is 0. The smallest absolute Gasteiger partial charge is 0.329 e. The molecular formula is C10H11NO3. The summed E-state index contributed by atoms with van der Waals surface area (Å²) in [6, 6.07) is 2.09. The van der Waals surface area contributed by atoms with E-state index in [9.17, 15) is 4.79 Å². The topological polar surface area (TPSA) is 59.3 Å². The summed E-state index contributed by atoms with van der Waals surface area (Å²) in [5, 5.41) is 9.08. The van der Waals surface area contributed by atoms with Crippen LogP contribution in [0, 0.1) is 22.2 Å². The van der Waals surface area contributed by atoms with Crippen LogP contribution in [0.5, 0.6) is 0 Å². The van der Waals surface area contributed by atoms with E-state index in [-0.39, 0.29) is 29.7 Å². The molecule has 0 aromatic heterocycles. The van der Waals surface area contributed by atoms with Crippen LogP contribution in [0.25, 0.3) is 0 Å². The lowest BCUT2D eigenvalue weighted by Crippen LogP contribution is -2.43. The molecule has 14 heavy (non-hydrogen) atoms. The number of hydrogen-bond donors (Lipinski definition) is 0. The minimum absolute atomic E-state index is 0.0106. The summed E-state index contributed by atoms with van der Waals surface area (Å²) >= 11 is 0. The van der Waals surface area contributed by atoms with Gasteiger partial charge < -0.3 is 9.47 Å². The monoisotopic (exact) mass is 193 g/mol. The second kappa shape index (κ2) is 1.96. The number of hydrogen-bond acceptors (Lipinski definition) is 4. The molecule has 0 saturated carbocycles. The molecular weight excluding hydrogens is 182 g/mol. The zero-order valence-electron chi connectivity index (χ0n) is 8.11. The predicted molar refractivity (Wildman–Crippen MR) is 45.0 cm³/mol. The summed E-state index contributed by atoms with van der Waals surface area (Å²) in [7, 11) is 0. The van der Waals surface area contributed by atoms with Crippen LogP contribution in [0.3, 0.4) is 0 Å². The standard InChI is InChI=1S/C10H11NO3/c1-9(2)5-3-10(4-11)7(13-5)6(9)14-8(10)12/h5-7H,3H2,1-2H3/t5-,6?,7?,10?/m1/s1. The number of carbonyl (C=O) groups excluding carboxylic acids is 1. The fraction of sp³-hybridized carbons (Fsp3) is 0.800. The van der Waals surface area contributed by atoms with Gasteiger partial charge in [0.25, 0.3) is 0 Å². The average Bonchev–Trinajstić information content (AvgIpc) is 2.67. The Kier molecular flexibility index (Phi) is 1.16. The molecule has 0 aromatic carbocycles. The molecule has 3 aliphatic heterocycles. The highest BCUT2D eigenvalue weighted by Gasteiger charge is 2.75. The Balaban J connectivity index is 2.14. The van der Waals surface area contributed by atoms with Gasteiger partial charge in [-0.1, -0.05) is 13.8 Å². The third kappa shape index (κ3) is 0.583. The van der Waals surface area contributed by atoms with Crippen molar-refractivity contribution in [1.29, 1.82) is 5.26 Å². The Hall–Kier alpha value is -1.08. The number of esters is 1. The van der Waals surface area contributed by atoms with Crippen LogP contribution >= 0.6 is 0 Å². The minimum atomic E-state index is -0.995. The molecule has 3 saturated heterocycles. The molecule has 0 N–H and O–H groups in total. The Labute approximate surface area is 81.8 Å². The molecule has 3 aliphatic rings. The van der Waals surface area contributed by atoms with E-state index in [2.05, 4.69) is 6.07 Å². The zero-order chi connectivity index (χ0) is 10.1. The van der Waals surface area contributed by atoms with Crippen molar-refractivity contribution >= 4 is 5.97 Å². The van der Waals surface area contributed by atoms with Crippen LogP contribution in [0.2, 0.25) is 0 Å². The maximum atomic E-state index is 11.6. The molecule has 0 aromatic rings. The Morgan fingerprint density at radius 2 is 2.21 bits per heavy atom. The van der Waals surface area contributed by atoms with Crippen LogP contribution in [0.15, 0.2) is 0 Å². The van der Waals surface area contributed by atoms with E-state index in [1.807, 2.05) is 13.8 Å². The summed E-state index contributed by atoms with van der Waals surface area (Å²) in [6.45, 7) is 4.06. The largest absolute Gasteiger partial charge is 0.458 e. The van der Waals surface area contributed by atoms with Crippen molar-refractivity contribution in [2.45, 2.75) is 38.6 Å². The molecule has 0 amide bonds. The highest BCUT2D eigenvalue weighted by molar-refractivity contribution is 5.85. The van der Waals surface area contributed by atoms with Gasteiger partial charge in [-0.2, -0.15) is 5.26 Å². The molecule has 4 nitrogen and oxygen atoms in total. The van der Waals surface area contributed by atoms with Gasteiger partial charge in [0.2, 0.25) is 0 Å². The van der Waals surface area contributed by atoms with Crippen molar-refractivity contribution in [2.75, 3.05) is 0 Å². The van der Waals surface area contributed by atoms with Crippen LogP contribution in [-0.2, 0) is 14.3 Å². The lowest BCUT2D eigenvalue weighted by molar-refractivity contribution is -0.147. The van der Waals surface area contributed by atoms with E-state index in [0.29, 0.717) is 6.42 Å². The molecule has 3 unspecified atom stereocenters. The van der Waals surface area contributed by atoms with Gasteiger partial charge >= 0.3 is 5.97 Å². The Bertz CT molecular complexity index is 370. The molecule has 0 aliphatic carbocycles. The van der Waals surface area contributed by atoms with E-state index in [1.165, 1.54) is 0 Å². The van der Waals surface area contributed by atoms with E-state index < -0.39 is 5.41 Å². The summed E-state index contributed by atoms with van der Waals surface area (Å²) in [5.74, 6) is -0.386. The van der Waals surface area contributed by atoms with Crippen LogP contribution in [-0.4, -0.2) is 24.3 Å². The number of fused-ring (bicyclic) bond motifs is 1. The molecule has 3 heterocycles. The van der Waals surface area contributed by atoms with Gasteiger partial charge in [0, 0.05) is 11.8 Å². The Morgan fingerprint density at radius 1 is 1.50 bits per heavy atom. The van der Waals surface area contributed by atoms with Gasteiger partial charge in [-0.25, -0.2) is 0 Å². The average molecular weight is 193 g/mol. The van der Waals surface area contributed by atoms with Crippen molar-refractivity contribution in [1.82, 2.24) is 0 Å². The van der Waals surface area contributed by atoms with Gasteiger partial charge in [-0.15, -0.1) is 0 Å². The van der Waals surface area contributed by atoms with Crippen molar-refractivity contribution < 1.29 is 14.3 Å². The number of ether oxygens (including phenoxy) is 2. The first-order chi connectivity index (χ1) is 6.52. The SMILES string of the molecule is CC1(C)C2OC(=O)C3(C#N)C[C@H]1OC23. The lowest BCUT2D eigenvalue weighted by Gasteiger charge is -2.30. The van der Waals surface area contributed by atoms with E-state index in [1.54, 1.807) is 0 Å². The van der Waals surface area contributed by atoms with Crippen molar-refractivity contribution in [3.05, 3.63) is 0 Å². The highest BCUT2D eigenvalue weighted by Crippen LogP contribution is 2.61. The summed E-state index contributed by atoms with van der Waals surface area (Å²) in [6.07, 6.45) is -0.0757. The fourth-order valence-electron chi connectivity index (χ4n) is 2.88. The van der Waals surface area contributed by atoms with Gasteiger partial charge in [0.1, 0.15) is 12.2 Å². The molecule has 2 bridgehead atoms. The molecule has 0 radical (unpaired) electrons. The molecule has 3 fully saturated rings. The lowest BCUT2D eigenvalue weighted by atomic mass is 9.66. The number of nitriles is 1. The predicted octanol–water partition coefficient (Wildman–Crippen LogP) is 0.619. The first kappa shape index (κ1) is 8.25. The number of nitrogens with zero attached hydrogens (tertiary/aromatic N) is 1. The molecule has 74 valence electrons. The molecule has 3 rings (SSSR count). The second-order valence-electron chi connectivity index (χ2n) is 4.98. The summed E-state index contributed by atoms with van der Waals surface area (Å²) < 4.78 is 10.9. The van der Waals surface area contributed by atoms with E-state index >= 15 is 0 Å². The van der Waals surface area contributed by atoms with E-state index in [4.69, 9.17) is 14.7 Å². The van der Waals surface area contributed by atoms with E-state index in [0.717, 1.165) is 0 Å². The maximum Gasteiger partial charge on any atom is 0.329 e. The fourth-order valence-corrected chi connectivity index (χ4v) is 2.88. The minimum Gasteiger partial charge on any atom is -0.458 e. The Morgan fingerprint density at radius 3 is 2.79 bits per heavy atom. The van der Waals surface area contributed by atoms with Crippen LogP contribution in [0.4, 0.5) is 0 Å². The van der Waals surface area contributed by atoms with Crippen LogP contribution < -0.4 is 0 Å². The van der Waals surface area contributed by atoms with Crippen molar-refractivity contribution in [3.63, 3.8) is 0 Å². The van der Waals surface area contributed by atoms with Gasteiger partial charge in [-0.3, -0.25) is 4.79 Å². The van der Waals surface area contributed by atoms with Gasteiger partial charge in [-0.05, 0) is 0 Å². The first-order valence-corrected chi connectivity index (χ1v) is 4.80. The maximum absolute atomic E-state index is 11.6. The quantitative estimate of drug-likeness (QED) is 0.529. The molecule has 0 spiro atoms. The highest BCUT2D eigenvalue weighted by atomic mass is 16.6. The summed E-state index contributed by atoms with van der Waals surface area (Å²) in [4.78, 5) is 11.6. The normalized spacial score (nSPS) is 51.8. The van der Waals surface area contributed by atoms with Crippen molar-refractivity contribution in [3.8, 4) is 6.07 Å². The molecule has 4 heteroatoms. The summed E-state index contributed by atoms with van der Waals surface area (Å²) in [5.41, 5.74) is -1.14. The van der Waals surface area contributed by atoms with Crippen LogP contribution in [0.1, 0.15) is 20.3 Å². The number of carbonyl (C=O) groups is 1. The first-order valence-electron chi connectivity index (χ1n) is 4.80. The van der Waals surface area contributed by atoms with Gasteiger partial charge in [0.15, 0.2) is 5.41 Å². The van der Waals surface area contributed by atoms with Crippen molar-refractivity contribution in [2.24, 2.45) is 10.8 Å². The zero-order valence-corrected chi connectivity index (χ0v) is 8.11. The van der Waals surface area contributed by atoms with Gasteiger partial charge in [0.05, 0.1) is 12.2 Å². The second-order valence-corrected chi connectivity index (χ2v) is 4.98. The third-order valence-electron chi connectivity index (χ3n) is 3.94.